The second kappa shape index (κ2) is 9.00. The largest absolute Gasteiger partial charge is 0.325 e. The first-order valence-electron chi connectivity index (χ1n) is 9.30. The molecule has 1 N–H and O–H groups in total. The summed E-state index contributed by atoms with van der Waals surface area (Å²) in [6.07, 6.45) is 1.88. The minimum absolute atomic E-state index is 0.148. The van der Waals surface area contributed by atoms with Crippen LogP contribution in [0, 0.1) is 0 Å². The number of thioether (sulfide) groups is 1. The maximum absolute atomic E-state index is 12.8. The number of carbonyl (C=O) groups is 2. The first kappa shape index (κ1) is 20.6. The molecule has 1 heterocycles. The van der Waals surface area contributed by atoms with Gasteiger partial charge in [0, 0.05) is 29.1 Å². The molecule has 0 atom stereocenters. The van der Waals surface area contributed by atoms with Crippen molar-refractivity contribution in [3.63, 3.8) is 0 Å². The van der Waals surface area contributed by atoms with Crippen LogP contribution >= 0.6 is 35.6 Å². The number of thiocarbonyl (C=S) groups is 1. The summed E-state index contributed by atoms with van der Waals surface area (Å²) in [5.74, 6) is -0.377. The molecule has 0 saturated carbocycles. The lowest BCUT2D eigenvalue weighted by Crippen LogP contribution is -2.31. The zero-order chi connectivity index (χ0) is 21.1. The number of hydrogen-bond donors (Lipinski definition) is 1. The Labute approximate surface area is 188 Å². The molecule has 3 aromatic rings. The highest BCUT2D eigenvalue weighted by atomic mass is 35.5. The van der Waals surface area contributed by atoms with E-state index >= 15 is 0 Å². The lowest BCUT2D eigenvalue weighted by molar-refractivity contribution is -0.122. The number of amides is 2. The summed E-state index contributed by atoms with van der Waals surface area (Å²) in [5, 5.41) is 5.53. The number of nitrogens with one attached hydrogen (secondary N) is 1. The van der Waals surface area contributed by atoms with Crippen LogP contribution in [0.2, 0.25) is 5.02 Å². The summed E-state index contributed by atoms with van der Waals surface area (Å²) in [6, 6.07) is 20.9. The van der Waals surface area contributed by atoms with Crippen LogP contribution in [0.15, 0.2) is 71.6 Å². The van der Waals surface area contributed by atoms with E-state index in [4.69, 9.17) is 23.8 Å². The Bertz CT molecular complexity index is 1190. The van der Waals surface area contributed by atoms with E-state index in [0.717, 1.165) is 22.0 Å². The van der Waals surface area contributed by atoms with Gasteiger partial charge in [-0.3, -0.25) is 14.5 Å². The monoisotopic (exact) mass is 452 g/mol. The Morgan fingerprint density at radius 1 is 1.07 bits per heavy atom. The van der Waals surface area contributed by atoms with Crippen LogP contribution in [0.5, 0.6) is 0 Å². The van der Waals surface area contributed by atoms with Crippen LogP contribution in [0.3, 0.4) is 0 Å². The summed E-state index contributed by atoms with van der Waals surface area (Å²) in [5.41, 5.74) is 1.51. The van der Waals surface area contributed by atoms with Gasteiger partial charge in [0.25, 0.3) is 5.91 Å². The fraction of sp³-hybridized carbons (Fsp3) is 0.0870. The van der Waals surface area contributed by atoms with E-state index in [2.05, 4.69) is 5.32 Å². The van der Waals surface area contributed by atoms with Crippen molar-refractivity contribution in [3.05, 3.63) is 82.2 Å². The lowest BCUT2D eigenvalue weighted by atomic mass is 10.1. The van der Waals surface area contributed by atoms with Crippen LogP contribution < -0.4 is 5.32 Å². The average Bonchev–Trinajstić information content (AvgIpc) is 3.01. The molecule has 0 bridgehead atoms. The number of nitrogens with zero attached hydrogens (tertiary/aromatic N) is 1. The maximum atomic E-state index is 12.8. The topological polar surface area (TPSA) is 49.4 Å². The highest BCUT2D eigenvalue weighted by molar-refractivity contribution is 8.26. The van der Waals surface area contributed by atoms with Gasteiger partial charge in [0.2, 0.25) is 5.91 Å². The standard InChI is InChI=1S/C23H17ClN2O2S2/c24-18-10-4-2-7-16(18)14-20-22(28)26(23(29)30-20)13-12-21(27)25-19-11-5-8-15-6-1-3-9-17(15)19/h1-11,14H,12-13H2,(H,25,27)/b20-14-. The zero-order valence-corrected chi connectivity index (χ0v) is 18.2. The third-order valence-electron chi connectivity index (χ3n) is 4.69. The molecule has 150 valence electrons. The molecule has 4 rings (SSSR count). The van der Waals surface area contributed by atoms with Gasteiger partial charge in [0.1, 0.15) is 4.32 Å². The summed E-state index contributed by atoms with van der Waals surface area (Å²) >= 11 is 12.8. The van der Waals surface area contributed by atoms with Gasteiger partial charge in [-0.15, -0.1) is 0 Å². The first-order chi connectivity index (χ1) is 14.5. The van der Waals surface area contributed by atoms with E-state index in [-0.39, 0.29) is 24.8 Å². The molecule has 0 radical (unpaired) electrons. The zero-order valence-electron chi connectivity index (χ0n) is 15.8. The van der Waals surface area contributed by atoms with Crippen molar-refractivity contribution in [3.8, 4) is 0 Å². The summed E-state index contributed by atoms with van der Waals surface area (Å²) in [6.45, 7) is 0.223. The molecule has 30 heavy (non-hydrogen) atoms. The van der Waals surface area contributed by atoms with Crippen molar-refractivity contribution >= 4 is 74.3 Å². The molecule has 4 nitrogen and oxygen atoms in total. The van der Waals surface area contributed by atoms with Gasteiger partial charge < -0.3 is 5.32 Å². The van der Waals surface area contributed by atoms with E-state index in [0.29, 0.717) is 14.2 Å². The minimum Gasteiger partial charge on any atom is -0.325 e. The molecule has 7 heteroatoms. The quantitative estimate of drug-likeness (QED) is 0.397. The molecule has 1 fully saturated rings. The number of halogens is 1. The van der Waals surface area contributed by atoms with Gasteiger partial charge in [-0.1, -0.05) is 90.2 Å². The fourth-order valence-electron chi connectivity index (χ4n) is 3.19. The molecule has 0 aromatic heterocycles. The normalized spacial score (nSPS) is 15.2. The molecule has 1 aliphatic heterocycles. The molecular formula is C23H17ClN2O2S2. The average molecular weight is 453 g/mol. The van der Waals surface area contributed by atoms with Crippen molar-refractivity contribution in [1.29, 1.82) is 0 Å². The molecule has 0 spiro atoms. The predicted molar refractivity (Wildman–Crippen MR) is 129 cm³/mol. The number of hydrogen-bond acceptors (Lipinski definition) is 4. The molecule has 2 amide bonds. The maximum Gasteiger partial charge on any atom is 0.266 e. The van der Waals surface area contributed by atoms with Gasteiger partial charge in [0.15, 0.2) is 0 Å². The SMILES string of the molecule is O=C(CCN1C(=O)/C(=C/c2ccccc2Cl)SC1=S)Nc1cccc2ccccc12. The first-order valence-corrected chi connectivity index (χ1v) is 10.9. The van der Waals surface area contributed by atoms with E-state index in [1.165, 1.54) is 16.7 Å². The minimum atomic E-state index is -0.206. The van der Waals surface area contributed by atoms with Crippen LogP contribution in [-0.2, 0) is 9.59 Å². The Kier molecular flexibility index (Phi) is 6.18. The predicted octanol–water partition coefficient (Wildman–Crippen LogP) is 5.72. The third kappa shape index (κ3) is 4.41. The number of fused-ring (bicyclic) bond motifs is 1. The summed E-state index contributed by atoms with van der Waals surface area (Å²) in [7, 11) is 0. The molecular weight excluding hydrogens is 436 g/mol. The highest BCUT2D eigenvalue weighted by Crippen LogP contribution is 2.33. The second-order valence-electron chi connectivity index (χ2n) is 6.68. The Morgan fingerprint density at radius 2 is 1.80 bits per heavy atom. The molecule has 1 saturated heterocycles. The third-order valence-corrected chi connectivity index (χ3v) is 6.41. The number of benzene rings is 3. The molecule has 0 aliphatic carbocycles. The highest BCUT2D eigenvalue weighted by Gasteiger charge is 2.32. The molecule has 3 aromatic carbocycles. The van der Waals surface area contributed by atoms with Gasteiger partial charge in [-0.2, -0.15) is 0 Å². The van der Waals surface area contributed by atoms with E-state index < -0.39 is 0 Å². The number of carbonyl (C=O) groups excluding carboxylic acids is 2. The molecule has 0 unspecified atom stereocenters. The summed E-state index contributed by atoms with van der Waals surface area (Å²) < 4.78 is 0.441. The molecule has 1 aliphatic rings. The lowest BCUT2D eigenvalue weighted by Gasteiger charge is -2.14. The van der Waals surface area contributed by atoms with Gasteiger partial charge >= 0.3 is 0 Å². The van der Waals surface area contributed by atoms with Gasteiger partial charge in [-0.25, -0.2) is 0 Å². The van der Waals surface area contributed by atoms with Gasteiger partial charge in [0.05, 0.1) is 4.91 Å². The number of anilines is 1. The van der Waals surface area contributed by atoms with Crippen LogP contribution in [0.1, 0.15) is 12.0 Å². The second-order valence-corrected chi connectivity index (χ2v) is 8.76. The Morgan fingerprint density at radius 3 is 2.63 bits per heavy atom. The van der Waals surface area contributed by atoms with Crippen LogP contribution in [0.4, 0.5) is 5.69 Å². The van der Waals surface area contributed by atoms with E-state index in [1.54, 1.807) is 12.1 Å². The van der Waals surface area contributed by atoms with Crippen molar-refractivity contribution in [2.45, 2.75) is 6.42 Å². The van der Waals surface area contributed by atoms with Crippen molar-refractivity contribution < 1.29 is 9.59 Å². The van der Waals surface area contributed by atoms with Crippen molar-refractivity contribution in [2.24, 2.45) is 0 Å². The van der Waals surface area contributed by atoms with Crippen LogP contribution in [0.25, 0.3) is 16.8 Å². The smallest absolute Gasteiger partial charge is 0.266 e. The summed E-state index contributed by atoms with van der Waals surface area (Å²) in [4.78, 5) is 27.2. The van der Waals surface area contributed by atoms with Crippen molar-refractivity contribution in [2.75, 3.05) is 11.9 Å². The van der Waals surface area contributed by atoms with Crippen molar-refractivity contribution in [1.82, 2.24) is 4.90 Å². The van der Waals surface area contributed by atoms with Gasteiger partial charge in [-0.05, 0) is 29.2 Å². The Hall–Kier alpha value is -2.67. The van der Waals surface area contributed by atoms with Crippen LogP contribution in [-0.4, -0.2) is 27.6 Å². The number of rotatable bonds is 5. The fourth-order valence-corrected chi connectivity index (χ4v) is 4.68. The Balaban J connectivity index is 1.42. The van der Waals surface area contributed by atoms with E-state index in [1.807, 2.05) is 60.7 Å². The van der Waals surface area contributed by atoms with E-state index in [9.17, 15) is 9.59 Å².